The second-order valence-corrected chi connectivity index (χ2v) is 5.42. The van der Waals surface area contributed by atoms with Crippen LogP contribution in [0.15, 0.2) is 35.1 Å². The Hall–Kier alpha value is -1.53. The van der Waals surface area contributed by atoms with E-state index in [-0.39, 0.29) is 5.75 Å². The Morgan fingerprint density at radius 3 is 2.81 bits per heavy atom. The fraction of sp³-hybridized carbons (Fsp3) is 0.267. The van der Waals surface area contributed by atoms with E-state index in [2.05, 4.69) is 33.2 Å². The van der Waals surface area contributed by atoms with Gasteiger partial charge in [0.2, 0.25) is 5.82 Å². The zero-order valence-electron chi connectivity index (χ0n) is 11.5. The van der Waals surface area contributed by atoms with E-state index in [4.69, 9.17) is 4.74 Å². The molecule has 0 atom stereocenters. The number of nitrogens with one attached hydrogen (secondary N) is 1. The van der Waals surface area contributed by atoms with Crippen molar-refractivity contribution in [2.75, 3.05) is 6.54 Å². The zero-order valence-corrected chi connectivity index (χ0v) is 13.1. The Morgan fingerprint density at radius 2 is 2.05 bits per heavy atom. The number of nitrogens with zero attached hydrogens (tertiary/aromatic N) is 1. The molecule has 0 aliphatic rings. The van der Waals surface area contributed by atoms with Crippen LogP contribution in [0.1, 0.15) is 18.9 Å². The van der Waals surface area contributed by atoms with E-state index in [0.29, 0.717) is 16.8 Å². The van der Waals surface area contributed by atoms with Crippen molar-refractivity contribution in [3.05, 3.63) is 52.3 Å². The summed E-state index contributed by atoms with van der Waals surface area (Å²) < 4.78 is 32.8. The minimum atomic E-state index is -1.02. The lowest BCUT2D eigenvalue weighted by Crippen LogP contribution is -2.13. The first-order chi connectivity index (χ1) is 10.1. The van der Waals surface area contributed by atoms with E-state index in [1.54, 1.807) is 12.3 Å². The van der Waals surface area contributed by atoms with Crippen molar-refractivity contribution in [3.8, 4) is 11.5 Å². The predicted molar refractivity (Wildman–Crippen MR) is 80.4 cm³/mol. The lowest BCUT2D eigenvalue weighted by Gasteiger charge is -2.09. The van der Waals surface area contributed by atoms with Crippen molar-refractivity contribution in [1.29, 1.82) is 0 Å². The molecule has 0 fully saturated rings. The van der Waals surface area contributed by atoms with E-state index >= 15 is 0 Å². The van der Waals surface area contributed by atoms with Crippen LogP contribution in [-0.4, -0.2) is 11.5 Å². The predicted octanol–water partition coefficient (Wildman–Crippen LogP) is 4.41. The Labute approximate surface area is 130 Å². The van der Waals surface area contributed by atoms with Crippen molar-refractivity contribution >= 4 is 15.9 Å². The molecule has 0 aliphatic heterocycles. The van der Waals surface area contributed by atoms with Crippen LogP contribution in [0.2, 0.25) is 0 Å². The summed E-state index contributed by atoms with van der Waals surface area (Å²) >= 11 is 3.10. The number of ether oxygens (including phenoxy) is 1. The van der Waals surface area contributed by atoms with Gasteiger partial charge in [0, 0.05) is 17.2 Å². The molecular weight excluding hydrogens is 342 g/mol. The van der Waals surface area contributed by atoms with Crippen LogP contribution in [0.25, 0.3) is 0 Å². The molecule has 112 valence electrons. The van der Waals surface area contributed by atoms with Crippen LogP contribution in [0, 0.1) is 11.6 Å². The van der Waals surface area contributed by atoms with Gasteiger partial charge in [0.05, 0.1) is 6.20 Å². The van der Waals surface area contributed by atoms with Crippen LogP contribution in [0.4, 0.5) is 8.78 Å². The molecule has 1 N–H and O–H groups in total. The molecule has 0 saturated carbocycles. The van der Waals surface area contributed by atoms with Crippen molar-refractivity contribution in [2.24, 2.45) is 0 Å². The highest BCUT2D eigenvalue weighted by Gasteiger charge is 2.12. The lowest BCUT2D eigenvalue weighted by molar-refractivity contribution is 0.414. The number of pyridine rings is 1. The molecule has 2 rings (SSSR count). The largest absolute Gasteiger partial charge is 0.452 e. The standard InChI is InChI=1S/C15H15BrF2N2O/c1-2-3-19-7-10-4-12(9-20-8-10)21-14-6-11(16)5-13(17)15(14)18/h4-6,8-9,19H,2-3,7H2,1H3. The van der Waals surface area contributed by atoms with Crippen LogP contribution in [0.3, 0.4) is 0 Å². The fourth-order valence-electron chi connectivity index (χ4n) is 1.76. The third kappa shape index (κ3) is 4.47. The lowest BCUT2D eigenvalue weighted by atomic mass is 10.2. The first-order valence-corrected chi connectivity index (χ1v) is 7.36. The second-order valence-electron chi connectivity index (χ2n) is 4.51. The molecule has 21 heavy (non-hydrogen) atoms. The Bertz CT molecular complexity index is 623. The Kier molecular flexibility index (Phi) is 5.64. The van der Waals surface area contributed by atoms with Gasteiger partial charge in [-0.25, -0.2) is 4.39 Å². The number of rotatable bonds is 6. The fourth-order valence-corrected chi connectivity index (χ4v) is 2.17. The van der Waals surface area contributed by atoms with Gasteiger partial charge < -0.3 is 10.1 Å². The quantitative estimate of drug-likeness (QED) is 0.614. The minimum Gasteiger partial charge on any atom is -0.452 e. The van der Waals surface area contributed by atoms with Crippen LogP contribution in [0.5, 0.6) is 11.5 Å². The molecule has 3 nitrogen and oxygen atoms in total. The van der Waals surface area contributed by atoms with E-state index in [1.807, 2.05) is 0 Å². The van der Waals surface area contributed by atoms with E-state index in [9.17, 15) is 8.78 Å². The summed E-state index contributed by atoms with van der Waals surface area (Å²) in [6.45, 7) is 3.62. The third-order valence-corrected chi connectivity index (χ3v) is 3.17. The minimum absolute atomic E-state index is 0.178. The van der Waals surface area contributed by atoms with Crippen molar-refractivity contribution in [3.63, 3.8) is 0 Å². The van der Waals surface area contributed by atoms with Crippen molar-refractivity contribution in [2.45, 2.75) is 19.9 Å². The summed E-state index contributed by atoms with van der Waals surface area (Å²) in [7, 11) is 0. The number of aromatic nitrogens is 1. The molecule has 1 aromatic heterocycles. The van der Waals surface area contributed by atoms with Crippen LogP contribution in [-0.2, 0) is 6.54 Å². The summed E-state index contributed by atoms with van der Waals surface area (Å²) in [5.74, 6) is -1.80. The molecule has 0 bridgehead atoms. The summed E-state index contributed by atoms with van der Waals surface area (Å²) in [6, 6.07) is 4.17. The second kappa shape index (κ2) is 7.47. The average molecular weight is 357 g/mol. The van der Waals surface area contributed by atoms with E-state index in [0.717, 1.165) is 24.6 Å². The maximum Gasteiger partial charge on any atom is 0.201 e. The van der Waals surface area contributed by atoms with Gasteiger partial charge >= 0.3 is 0 Å². The third-order valence-electron chi connectivity index (χ3n) is 2.71. The van der Waals surface area contributed by atoms with Gasteiger partial charge in [-0.1, -0.05) is 22.9 Å². The van der Waals surface area contributed by atoms with E-state index in [1.165, 1.54) is 12.3 Å². The van der Waals surface area contributed by atoms with Gasteiger partial charge in [-0.05, 0) is 36.7 Å². The molecule has 0 saturated heterocycles. The summed E-state index contributed by atoms with van der Waals surface area (Å²) in [5.41, 5.74) is 0.914. The molecule has 0 aliphatic carbocycles. The molecule has 1 heterocycles. The van der Waals surface area contributed by atoms with Gasteiger partial charge in [-0.2, -0.15) is 4.39 Å². The molecular formula is C15H15BrF2N2O. The first kappa shape index (κ1) is 15.9. The molecule has 1 aromatic carbocycles. The van der Waals surface area contributed by atoms with Crippen LogP contribution >= 0.6 is 15.9 Å². The highest BCUT2D eigenvalue weighted by atomic mass is 79.9. The molecule has 0 spiro atoms. The maximum atomic E-state index is 13.7. The summed E-state index contributed by atoms with van der Waals surface area (Å²) in [6.07, 6.45) is 4.20. The summed E-state index contributed by atoms with van der Waals surface area (Å²) in [4.78, 5) is 4.04. The summed E-state index contributed by atoms with van der Waals surface area (Å²) in [5, 5.41) is 3.23. The highest BCUT2D eigenvalue weighted by Crippen LogP contribution is 2.29. The number of halogens is 3. The smallest absolute Gasteiger partial charge is 0.201 e. The Balaban J connectivity index is 2.14. The SMILES string of the molecule is CCCNCc1cncc(Oc2cc(Br)cc(F)c2F)c1. The van der Waals surface area contributed by atoms with Crippen molar-refractivity contribution < 1.29 is 13.5 Å². The van der Waals surface area contributed by atoms with Gasteiger partial charge in [-0.15, -0.1) is 0 Å². The van der Waals surface area contributed by atoms with Gasteiger partial charge in [0.15, 0.2) is 11.6 Å². The maximum absolute atomic E-state index is 13.7. The normalized spacial score (nSPS) is 10.7. The number of hydrogen-bond donors (Lipinski definition) is 1. The average Bonchev–Trinajstić information content (AvgIpc) is 2.45. The topological polar surface area (TPSA) is 34.2 Å². The van der Waals surface area contributed by atoms with Crippen molar-refractivity contribution in [1.82, 2.24) is 10.3 Å². The highest BCUT2D eigenvalue weighted by molar-refractivity contribution is 9.10. The number of benzene rings is 1. The Morgan fingerprint density at radius 1 is 1.24 bits per heavy atom. The molecule has 0 radical (unpaired) electrons. The molecule has 0 unspecified atom stereocenters. The van der Waals surface area contributed by atoms with E-state index < -0.39 is 11.6 Å². The molecule has 6 heteroatoms. The number of hydrogen-bond acceptors (Lipinski definition) is 3. The van der Waals surface area contributed by atoms with Gasteiger partial charge in [0.25, 0.3) is 0 Å². The van der Waals surface area contributed by atoms with Crippen LogP contribution < -0.4 is 10.1 Å². The zero-order chi connectivity index (χ0) is 15.2. The van der Waals surface area contributed by atoms with Gasteiger partial charge in [-0.3, -0.25) is 4.98 Å². The molecule has 0 amide bonds. The van der Waals surface area contributed by atoms with Gasteiger partial charge in [0.1, 0.15) is 5.75 Å². The first-order valence-electron chi connectivity index (χ1n) is 6.57. The monoisotopic (exact) mass is 356 g/mol. The molecule has 2 aromatic rings.